The normalized spacial score (nSPS) is 12.9. The Kier molecular flexibility index (Phi) is 4.36. The lowest BCUT2D eigenvalue weighted by Gasteiger charge is -2.15. The van der Waals surface area contributed by atoms with E-state index in [4.69, 9.17) is 4.74 Å². The summed E-state index contributed by atoms with van der Waals surface area (Å²) in [6, 6.07) is 14.8. The molecule has 136 valence electrons. The summed E-state index contributed by atoms with van der Waals surface area (Å²) in [5, 5.41) is 3.01. The number of aromatic nitrogens is 1. The van der Waals surface area contributed by atoms with Gasteiger partial charge in [-0.05, 0) is 59.5 Å². The van der Waals surface area contributed by atoms with Gasteiger partial charge in [-0.15, -0.1) is 0 Å². The first kappa shape index (κ1) is 17.2. The minimum Gasteiger partial charge on any atom is -0.497 e. The van der Waals surface area contributed by atoms with Gasteiger partial charge < -0.3 is 10.1 Å². The maximum absolute atomic E-state index is 13.9. The van der Waals surface area contributed by atoms with Crippen LogP contribution in [0.3, 0.4) is 0 Å². The van der Waals surface area contributed by atoms with Gasteiger partial charge in [-0.2, -0.15) is 4.39 Å². The molecule has 0 fully saturated rings. The van der Waals surface area contributed by atoms with Crippen molar-refractivity contribution < 1.29 is 13.9 Å². The van der Waals surface area contributed by atoms with E-state index in [-0.39, 0.29) is 11.9 Å². The van der Waals surface area contributed by atoms with Crippen molar-refractivity contribution in [1.82, 2.24) is 10.3 Å². The summed E-state index contributed by atoms with van der Waals surface area (Å²) in [6.07, 6.45) is 1.93. The van der Waals surface area contributed by atoms with Crippen molar-refractivity contribution in [3.8, 4) is 16.9 Å². The first-order valence-electron chi connectivity index (χ1n) is 8.78. The summed E-state index contributed by atoms with van der Waals surface area (Å²) < 4.78 is 19.2. The van der Waals surface area contributed by atoms with Crippen molar-refractivity contribution in [3.63, 3.8) is 0 Å². The number of carbonyl (C=O) groups is 1. The van der Waals surface area contributed by atoms with Gasteiger partial charge in [0.05, 0.1) is 13.2 Å². The predicted octanol–water partition coefficient (Wildman–Crippen LogP) is 4.29. The standard InChI is InChI=1S/C22H19FN2O2/c1-13(14-4-3-5-17(11-14)27-2)25-22(26)15-6-7-18-16(10-15)12-20-19(18)8-9-24-21(20)23/h3-11,13H,12H2,1-2H3,(H,25,26)/t13-/m1/s1. The number of hydrogen-bond acceptors (Lipinski definition) is 3. The van der Waals surface area contributed by atoms with E-state index in [1.165, 1.54) is 6.20 Å². The second-order valence-electron chi connectivity index (χ2n) is 6.65. The van der Waals surface area contributed by atoms with E-state index in [0.717, 1.165) is 28.0 Å². The third kappa shape index (κ3) is 3.16. The molecule has 0 saturated carbocycles. The van der Waals surface area contributed by atoms with Gasteiger partial charge in [0.2, 0.25) is 5.95 Å². The lowest BCUT2D eigenvalue weighted by atomic mass is 10.0. The third-order valence-corrected chi connectivity index (χ3v) is 4.97. The minimum absolute atomic E-state index is 0.164. The predicted molar refractivity (Wildman–Crippen MR) is 101 cm³/mol. The summed E-state index contributed by atoms with van der Waals surface area (Å²) in [4.78, 5) is 16.4. The highest BCUT2D eigenvalue weighted by Crippen LogP contribution is 2.37. The Balaban J connectivity index is 1.55. The molecule has 0 radical (unpaired) electrons. The zero-order valence-corrected chi connectivity index (χ0v) is 15.1. The van der Waals surface area contributed by atoms with Crippen molar-refractivity contribution in [2.75, 3.05) is 7.11 Å². The molecule has 27 heavy (non-hydrogen) atoms. The van der Waals surface area contributed by atoms with E-state index in [9.17, 15) is 9.18 Å². The third-order valence-electron chi connectivity index (χ3n) is 4.97. The second kappa shape index (κ2) is 6.83. The monoisotopic (exact) mass is 362 g/mol. The highest BCUT2D eigenvalue weighted by Gasteiger charge is 2.23. The quantitative estimate of drug-likeness (QED) is 0.551. The molecule has 4 rings (SSSR count). The number of fused-ring (bicyclic) bond motifs is 3. The van der Waals surface area contributed by atoms with Crippen molar-refractivity contribution in [3.05, 3.63) is 82.9 Å². The first-order chi connectivity index (χ1) is 13.1. The van der Waals surface area contributed by atoms with Crippen LogP contribution in [0.25, 0.3) is 11.1 Å². The highest BCUT2D eigenvalue weighted by atomic mass is 19.1. The number of rotatable bonds is 4. The molecule has 2 aromatic carbocycles. The minimum atomic E-state index is -0.443. The maximum Gasteiger partial charge on any atom is 0.251 e. The molecular formula is C22H19FN2O2. The lowest BCUT2D eigenvalue weighted by Crippen LogP contribution is -2.26. The van der Waals surface area contributed by atoms with Crippen LogP contribution in [0.1, 0.15) is 40.0 Å². The summed E-state index contributed by atoms with van der Waals surface area (Å²) in [5.41, 5.74) is 4.88. The van der Waals surface area contributed by atoms with Gasteiger partial charge in [0, 0.05) is 23.7 Å². The van der Waals surface area contributed by atoms with Crippen LogP contribution in [0.15, 0.2) is 54.7 Å². The smallest absolute Gasteiger partial charge is 0.251 e. The molecule has 1 aliphatic carbocycles. The fourth-order valence-corrected chi connectivity index (χ4v) is 3.50. The van der Waals surface area contributed by atoms with Crippen molar-refractivity contribution >= 4 is 5.91 Å². The van der Waals surface area contributed by atoms with Crippen molar-refractivity contribution in [2.45, 2.75) is 19.4 Å². The summed E-state index contributed by atoms with van der Waals surface area (Å²) >= 11 is 0. The van der Waals surface area contributed by atoms with Crippen LogP contribution in [-0.4, -0.2) is 18.0 Å². The second-order valence-corrected chi connectivity index (χ2v) is 6.65. The van der Waals surface area contributed by atoms with E-state index < -0.39 is 5.95 Å². The molecular weight excluding hydrogens is 343 g/mol. The van der Waals surface area contributed by atoms with Crippen LogP contribution in [0.4, 0.5) is 4.39 Å². The number of amides is 1. The molecule has 0 spiro atoms. The van der Waals surface area contributed by atoms with Gasteiger partial charge in [-0.1, -0.05) is 18.2 Å². The SMILES string of the molecule is COc1cccc([C@@H](C)NC(=O)c2ccc3c(c2)Cc2c-3ccnc2F)c1. The zero-order valence-electron chi connectivity index (χ0n) is 15.1. The van der Waals surface area contributed by atoms with E-state index in [1.807, 2.05) is 49.4 Å². The van der Waals surface area contributed by atoms with Crippen LogP contribution in [0.5, 0.6) is 5.75 Å². The molecule has 4 nitrogen and oxygen atoms in total. The number of carbonyl (C=O) groups excluding carboxylic acids is 1. The summed E-state index contributed by atoms with van der Waals surface area (Å²) in [5.74, 6) is 0.142. The van der Waals surface area contributed by atoms with E-state index >= 15 is 0 Å². The van der Waals surface area contributed by atoms with E-state index in [2.05, 4.69) is 10.3 Å². The largest absolute Gasteiger partial charge is 0.497 e. The number of methoxy groups -OCH3 is 1. The maximum atomic E-state index is 13.9. The highest BCUT2D eigenvalue weighted by molar-refractivity contribution is 5.96. The number of nitrogens with zero attached hydrogens (tertiary/aromatic N) is 1. The van der Waals surface area contributed by atoms with Crippen LogP contribution >= 0.6 is 0 Å². The lowest BCUT2D eigenvalue weighted by molar-refractivity contribution is 0.0939. The fraction of sp³-hybridized carbons (Fsp3) is 0.182. The molecule has 1 aromatic heterocycles. The summed E-state index contributed by atoms with van der Waals surface area (Å²) in [7, 11) is 1.61. The molecule has 5 heteroatoms. The molecule has 1 heterocycles. The first-order valence-corrected chi connectivity index (χ1v) is 8.78. The van der Waals surface area contributed by atoms with Gasteiger partial charge in [0.25, 0.3) is 5.91 Å². The summed E-state index contributed by atoms with van der Waals surface area (Å²) in [6.45, 7) is 1.93. The van der Waals surface area contributed by atoms with Crippen molar-refractivity contribution in [1.29, 1.82) is 0 Å². The Morgan fingerprint density at radius 3 is 2.85 bits per heavy atom. The Bertz CT molecular complexity index is 1030. The molecule has 1 N–H and O–H groups in total. The molecule has 0 unspecified atom stereocenters. The number of nitrogens with one attached hydrogen (secondary N) is 1. The molecule has 0 saturated heterocycles. The topological polar surface area (TPSA) is 51.2 Å². The number of ether oxygens (including phenoxy) is 1. The Hall–Kier alpha value is -3.21. The number of pyridine rings is 1. The van der Waals surface area contributed by atoms with Crippen LogP contribution in [0, 0.1) is 5.95 Å². The molecule has 0 aliphatic heterocycles. The molecule has 3 aromatic rings. The number of halogens is 1. The Morgan fingerprint density at radius 2 is 2.04 bits per heavy atom. The van der Waals surface area contributed by atoms with Crippen molar-refractivity contribution in [2.24, 2.45) is 0 Å². The molecule has 1 aliphatic rings. The fourth-order valence-electron chi connectivity index (χ4n) is 3.50. The van der Waals surface area contributed by atoms with Gasteiger partial charge in [0.15, 0.2) is 0 Å². The number of benzene rings is 2. The van der Waals surface area contributed by atoms with Crippen LogP contribution in [-0.2, 0) is 6.42 Å². The Labute approximate surface area is 157 Å². The van der Waals surface area contributed by atoms with Gasteiger partial charge in [0.1, 0.15) is 5.75 Å². The van der Waals surface area contributed by atoms with E-state index in [0.29, 0.717) is 17.5 Å². The Morgan fingerprint density at radius 1 is 1.19 bits per heavy atom. The van der Waals surface area contributed by atoms with Crippen LogP contribution < -0.4 is 10.1 Å². The molecule has 0 bridgehead atoms. The van der Waals surface area contributed by atoms with Gasteiger partial charge in [-0.25, -0.2) is 4.98 Å². The average molecular weight is 362 g/mol. The van der Waals surface area contributed by atoms with E-state index in [1.54, 1.807) is 13.2 Å². The molecule has 1 amide bonds. The average Bonchev–Trinajstić information content (AvgIpc) is 3.07. The van der Waals surface area contributed by atoms with Gasteiger partial charge in [-0.3, -0.25) is 4.79 Å². The zero-order chi connectivity index (χ0) is 19.0. The molecule has 1 atom stereocenters. The van der Waals surface area contributed by atoms with Crippen LogP contribution in [0.2, 0.25) is 0 Å². The van der Waals surface area contributed by atoms with Gasteiger partial charge >= 0.3 is 0 Å². The number of hydrogen-bond donors (Lipinski definition) is 1.